The quantitative estimate of drug-likeness (QED) is 0.466. The first-order valence-electron chi connectivity index (χ1n) is 11.1. The first-order chi connectivity index (χ1) is 15.4. The molecular weight excluding hydrogens is 438 g/mol. The first-order valence-corrected chi connectivity index (χ1v) is 11.5. The van der Waals surface area contributed by atoms with Gasteiger partial charge < -0.3 is 19.5 Å². The van der Waals surface area contributed by atoms with Crippen molar-refractivity contribution in [3.8, 4) is 5.75 Å². The molecule has 1 atom stereocenters. The fourth-order valence-electron chi connectivity index (χ4n) is 5.68. The summed E-state index contributed by atoms with van der Waals surface area (Å²) in [7, 11) is 3.34. The van der Waals surface area contributed by atoms with Crippen molar-refractivity contribution in [2.45, 2.75) is 56.6 Å². The van der Waals surface area contributed by atoms with Crippen LogP contribution >= 0.6 is 12.2 Å². The maximum atomic E-state index is 13.8. The van der Waals surface area contributed by atoms with Gasteiger partial charge in [-0.15, -0.1) is 0 Å². The Morgan fingerprint density at radius 1 is 1.25 bits per heavy atom. The Morgan fingerprint density at radius 2 is 2.00 bits per heavy atom. The fourth-order valence-corrected chi connectivity index (χ4v) is 5.99. The van der Waals surface area contributed by atoms with Crippen molar-refractivity contribution in [2.24, 2.45) is 5.41 Å². The van der Waals surface area contributed by atoms with E-state index < -0.39 is 23.9 Å². The summed E-state index contributed by atoms with van der Waals surface area (Å²) in [6.45, 7) is 0.374. The van der Waals surface area contributed by atoms with E-state index >= 15 is 0 Å². The van der Waals surface area contributed by atoms with Crippen molar-refractivity contribution in [1.29, 1.82) is 0 Å². The van der Waals surface area contributed by atoms with E-state index in [-0.39, 0.29) is 17.1 Å². The third-order valence-electron chi connectivity index (χ3n) is 7.22. The lowest BCUT2D eigenvalue weighted by Gasteiger charge is -2.46. The van der Waals surface area contributed by atoms with Crippen molar-refractivity contribution in [2.75, 3.05) is 34.0 Å². The SMILES string of the molecule is COCCCOc1ccc2c(c1)C1(NC(=S)N(CC(F)F)C1=O)C1(CCC(OC)CC1)C2. The van der Waals surface area contributed by atoms with Crippen LogP contribution in [0.5, 0.6) is 5.75 Å². The molecule has 1 heterocycles. The van der Waals surface area contributed by atoms with Crippen LogP contribution in [-0.2, 0) is 26.2 Å². The minimum Gasteiger partial charge on any atom is -0.493 e. The summed E-state index contributed by atoms with van der Waals surface area (Å²) in [5, 5.41) is 3.32. The molecule has 2 fully saturated rings. The van der Waals surface area contributed by atoms with Gasteiger partial charge >= 0.3 is 0 Å². The second-order valence-electron chi connectivity index (χ2n) is 8.89. The van der Waals surface area contributed by atoms with Gasteiger partial charge in [-0.25, -0.2) is 8.78 Å². The van der Waals surface area contributed by atoms with Crippen molar-refractivity contribution in [1.82, 2.24) is 10.2 Å². The maximum absolute atomic E-state index is 13.8. The molecule has 1 unspecified atom stereocenters. The number of benzene rings is 1. The number of alkyl halides is 2. The zero-order chi connectivity index (χ0) is 22.9. The van der Waals surface area contributed by atoms with Crippen LogP contribution in [0, 0.1) is 5.41 Å². The number of methoxy groups -OCH3 is 2. The predicted octanol–water partition coefficient (Wildman–Crippen LogP) is 3.41. The van der Waals surface area contributed by atoms with E-state index in [2.05, 4.69) is 5.32 Å². The number of carbonyl (C=O) groups excluding carboxylic acids is 1. The van der Waals surface area contributed by atoms with E-state index in [9.17, 15) is 13.6 Å². The molecule has 0 radical (unpaired) electrons. The summed E-state index contributed by atoms with van der Waals surface area (Å²) in [5.41, 5.74) is 0.227. The van der Waals surface area contributed by atoms with Gasteiger partial charge in [0.2, 0.25) is 0 Å². The van der Waals surface area contributed by atoms with Crippen LogP contribution < -0.4 is 10.1 Å². The third kappa shape index (κ3) is 3.78. The van der Waals surface area contributed by atoms with Crippen LogP contribution in [0.15, 0.2) is 18.2 Å². The molecule has 3 aliphatic rings. The monoisotopic (exact) mass is 468 g/mol. The molecule has 6 nitrogen and oxygen atoms in total. The summed E-state index contributed by atoms with van der Waals surface area (Å²) < 4.78 is 43.1. The topological polar surface area (TPSA) is 60.0 Å². The lowest BCUT2D eigenvalue weighted by atomic mass is 9.61. The highest BCUT2D eigenvalue weighted by atomic mass is 32.1. The molecule has 2 aliphatic carbocycles. The zero-order valence-electron chi connectivity index (χ0n) is 18.5. The zero-order valence-corrected chi connectivity index (χ0v) is 19.3. The van der Waals surface area contributed by atoms with Gasteiger partial charge in [0.05, 0.1) is 19.3 Å². The van der Waals surface area contributed by atoms with Crippen molar-refractivity contribution in [3.63, 3.8) is 0 Å². The van der Waals surface area contributed by atoms with E-state index in [1.54, 1.807) is 14.2 Å². The number of thiocarbonyl (C=S) groups is 1. The normalized spacial score (nSPS) is 29.3. The number of hydrogen-bond acceptors (Lipinski definition) is 5. The van der Waals surface area contributed by atoms with Gasteiger partial charge in [0.1, 0.15) is 5.75 Å². The first kappa shape index (κ1) is 23.3. The van der Waals surface area contributed by atoms with Crippen molar-refractivity contribution in [3.05, 3.63) is 29.3 Å². The largest absolute Gasteiger partial charge is 0.493 e. The molecule has 176 valence electrons. The van der Waals surface area contributed by atoms with Crippen LogP contribution in [0.4, 0.5) is 8.78 Å². The van der Waals surface area contributed by atoms with Crippen molar-refractivity contribution < 1.29 is 27.8 Å². The molecule has 4 rings (SSSR count). The lowest BCUT2D eigenvalue weighted by Crippen LogP contribution is -2.56. The highest BCUT2D eigenvalue weighted by molar-refractivity contribution is 7.80. The number of ether oxygens (including phenoxy) is 3. The Balaban J connectivity index is 1.72. The average Bonchev–Trinajstić information content (AvgIpc) is 3.18. The molecule has 0 aromatic heterocycles. The molecule has 2 spiro atoms. The standard InChI is InChI=1S/C23H30F2N2O4S/c1-29-10-3-11-31-17-5-4-15-13-22(8-6-16(30-2)7-9-22)23(18(15)12-17)20(28)27(14-19(24)25)21(32)26-23/h4-5,12,16,19H,3,6-11,13-14H2,1-2H3,(H,26,32). The van der Waals surface area contributed by atoms with Gasteiger partial charge in [-0.1, -0.05) is 6.07 Å². The van der Waals surface area contributed by atoms with Crippen LogP contribution in [-0.4, -0.2) is 62.4 Å². The summed E-state index contributed by atoms with van der Waals surface area (Å²) in [6, 6.07) is 5.79. The third-order valence-corrected chi connectivity index (χ3v) is 7.54. The number of halogens is 2. The second kappa shape index (κ2) is 9.19. The van der Waals surface area contributed by atoms with Gasteiger partial charge in [0, 0.05) is 32.7 Å². The summed E-state index contributed by atoms with van der Waals surface area (Å²) in [5.74, 6) is 0.267. The maximum Gasteiger partial charge on any atom is 0.259 e. The minimum atomic E-state index is -2.66. The summed E-state index contributed by atoms with van der Waals surface area (Å²) in [6.07, 6.45) is 2.01. The second-order valence-corrected chi connectivity index (χ2v) is 9.28. The molecular formula is C23H30F2N2O4S. The van der Waals surface area contributed by atoms with Crippen LogP contribution in [0.2, 0.25) is 0 Å². The molecule has 1 aromatic carbocycles. The van der Waals surface area contributed by atoms with Gasteiger partial charge in [0.25, 0.3) is 12.3 Å². The molecule has 1 saturated carbocycles. The smallest absolute Gasteiger partial charge is 0.259 e. The molecule has 1 aliphatic heterocycles. The summed E-state index contributed by atoms with van der Waals surface area (Å²) >= 11 is 5.40. The highest BCUT2D eigenvalue weighted by Gasteiger charge is 2.67. The number of amides is 1. The average molecular weight is 469 g/mol. The number of fused-ring (bicyclic) bond motifs is 3. The molecule has 1 aromatic rings. The minimum absolute atomic E-state index is 0.0720. The van der Waals surface area contributed by atoms with Crippen LogP contribution in [0.1, 0.15) is 43.2 Å². The van der Waals surface area contributed by atoms with Gasteiger partial charge in [-0.2, -0.15) is 0 Å². The van der Waals surface area contributed by atoms with Crippen LogP contribution in [0.3, 0.4) is 0 Å². The van der Waals surface area contributed by atoms with Gasteiger partial charge in [0.15, 0.2) is 10.7 Å². The van der Waals surface area contributed by atoms with E-state index in [4.69, 9.17) is 26.4 Å². The Labute approximate surface area is 192 Å². The van der Waals surface area contributed by atoms with E-state index in [0.717, 1.165) is 48.1 Å². The number of rotatable bonds is 8. The van der Waals surface area contributed by atoms with E-state index in [0.29, 0.717) is 25.4 Å². The Morgan fingerprint density at radius 3 is 2.66 bits per heavy atom. The fraction of sp³-hybridized carbons (Fsp3) is 0.652. The molecule has 9 heteroatoms. The predicted molar refractivity (Wildman–Crippen MR) is 119 cm³/mol. The summed E-state index contributed by atoms with van der Waals surface area (Å²) in [4.78, 5) is 14.9. The van der Waals surface area contributed by atoms with Crippen LogP contribution in [0.25, 0.3) is 0 Å². The number of carbonyl (C=O) groups is 1. The van der Waals surface area contributed by atoms with Crippen molar-refractivity contribution >= 4 is 23.2 Å². The molecule has 1 amide bonds. The van der Waals surface area contributed by atoms with Gasteiger partial charge in [-0.05, 0) is 67.6 Å². The number of nitrogens with zero attached hydrogens (tertiary/aromatic N) is 1. The molecule has 1 N–H and O–H groups in total. The molecule has 1 saturated heterocycles. The van der Waals surface area contributed by atoms with E-state index in [1.165, 1.54) is 0 Å². The lowest BCUT2D eigenvalue weighted by molar-refractivity contribution is -0.139. The Kier molecular flexibility index (Phi) is 6.70. The van der Waals surface area contributed by atoms with E-state index in [1.807, 2.05) is 18.2 Å². The number of hydrogen-bond donors (Lipinski definition) is 1. The van der Waals surface area contributed by atoms with Gasteiger partial charge in [-0.3, -0.25) is 9.69 Å². The Hall–Kier alpha value is -1.84. The molecule has 32 heavy (non-hydrogen) atoms. The highest BCUT2D eigenvalue weighted by Crippen LogP contribution is 2.60. The Bertz CT molecular complexity index is 876. The number of nitrogens with one attached hydrogen (secondary N) is 1. The molecule has 0 bridgehead atoms.